The Hall–Kier alpha value is -3.33. The number of aliphatic imine (C=N–C) groups is 1. The highest BCUT2D eigenvalue weighted by Gasteiger charge is 2.26. The third-order valence-corrected chi connectivity index (χ3v) is 5.02. The lowest BCUT2D eigenvalue weighted by Crippen LogP contribution is -2.33. The van der Waals surface area contributed by atoms with Gasteiger partial charge in [0, 0.05) is 29.7 Å². The summed E-state index contributed by atoms with van der Waals surface area (Å²) in [5, 5.41) is 36.2. The van der Waals surface area contributed by atoms with Crippen molar-refractivity contribution in [2.24, 2.45) is 10.9 Å². The van der Waals surface area contributed by atoms with Crippen LogP contribution in [0.5, 0.6) is 0 Å². The molecular weight excluding hydrogens is 414 g/mol. The summed E-state index contributed by atoms with van der Waals surface area (Å²) in [5.74, 6) is -2.32. The van der Waals surface area contributed by atoms with E-state index in [1.807, 2.05) is 0 Å². The lowest BCUT2D eigenvalue weighted by Gasteiger charge is -2.19. The minimum atomic E-state index is -1.03. The standard InChI is InChI=1S/C19H20F2N6.C4H8O/c1-5-6-12-15(25-4)9-13(20)17(18(12)21)10(2)19(24)27-16(23)8-7-14(26-27)11(3)22;5-3-4-1-2-4/h5-10,22-24H,4H2,1-3H3;4-5H,1-3H2/b6-5-,22-11?,23-16?,24-19?;. The van der Waals surface area contributed by atoms with Crippen molar-refractivity contribution in [2.45, 2.75) is 39.5 Å². The van der Waals surface area contributed by atoms with Crippen molar-refractivity contribution in [3.05, 3.63) is 58.2 Å². The van der Waals surface area contributed by atoms with E-state index in [1.54, 1.807) is 13.0 Å². The van der Waals surface area contributed by atoms with Crippen molar-refractivity contribution < 1.29 is 13.9 Å². The highest BCUT2D eigenvalue weighted by Crippen LogP contribution is 2.33. The second-order valence-electron chi connectivity index (χ2n) is 7.55. The number of aliphatic hydroxyl groups excluding tert-OH is 1. The number of halogens is 2. The lowest BCUT2D eigenvalue weighted by molar-refractivity contribution is 0.277. The Morgan fingerprint density at radius 1 is 1.38 bits per heavy atom. The zero-order valence-electron chi connectivity index (χ0n) is 18.4. The van der Waals surface area contributed by atoms with Crippen molar-refractivity contribution in [3.8, 4) is 0 Å². The molecule has 32 heavy (non-hydrogen) atoms. The molecule has 0 spiro atoms. The molecule has 0 saturated heterocycles. The molecule has 1 heterocycles. The van der Waals surface area contributed by atoms with E-state index in [1.165, 1.54) is 44.9 Å². The molecule has 2 aromatic rings. The van der Waals surface area contributed by atoms with E-state index in [2.05, 4.69) is 16.8 Å². The number of nitrogens with zero attached hydrogens (tertiary/aromatic N) is 3. The summed E-state index contributed by atoms with van der Waals surface area (Å²) in [6, 6.07) is 3.93. The van der Waals surface area contributed by atoms with Crippen LogP contribution in [0, 0.1) is 33.8 Å². The Bertz CT molecular complexity index is 1120. The van der Waals surface area contributed by atoms with Crippen LogP contribution in [-0.4, -0.2) is 39.8 Å². The van der Waals surface area contributed by atoms with E-state index in [0.717, 1.165) is 10.7 Å². The van der Waals surface area contributed by atoms with E-state index in [-0.39, 0.29) is 39.5 Å². The first-order chi connectivity index (χ1) is 15.2. The summed E-state index contributed by atoms with van der Waals surface area (Å²) < 4.78 is 30.6. The minimum Gasteiger partial charge on any atom is -0.396 e. The van der Waals surface area contributed by atoms with Crippen LogP contribution in [0.15, 0.2) is 29.3 Å². The van der Waals surface area contributed by atoms with Crippen LogP contribution in [-0.2, 0) is 0 Å². The molecule has 1 aliphatic rings. The van der Waals surface area contributed by atoms with Gasteiger partial charge in [0.25, 0.3) is 0 Å². The third kappa shape index (κ3) is 5.67. The Kier molecular flexibility index (Phi) is 8.42. The molecule has 1 aromatic heterocycles. The Morgan fingerprint density at radius 2 is 2.03 bits per heavy atom. The normalized spacial score (nSPS) is 13.9. The van der Waals surface area contributed by atoms with Gasteiger partial charge in [-0.05, 0) is 51.5 Å². The molecule has 1 unspecified atom stereocenters. The SMILES string of the molecule is C=Nc1cc(F)c(C(C)C(=N)n2nc(C(C)=N)ccc2=N)c(F)c1/C=C\C.OCC1CC1. The number of hydrogen-bond acceptors (Lipinski definition) is 6. The number of aromatic nitrogens is 2. The van der Waals surface area contributed by atoms with Gasteiger partial charge in [0.15, 0.2) is 0 Å². The largest absolute Gasteiger partial charge is 0.396 e. The van der Waals surface area contributed by atoms with E-state index in [9.17, 15) is 4.39 Å². The summed E-state index contributed by atoms with van der Waals surface area (Å²) >= 11 is 0. The Labute approximate surface area is 185 Å². The van der Waals surface area contributed by atoms with Gasteiger partial charge < -0.3 is 10.5 Å². The highest BCUT2D eigenvalue weighted by atomic mass is 19.1. The van der Waals surface area contributed by atoms with Gasteiger partial charge in [0.1, 0.15) is 28.7 Å². The summed E-state index contributed by atoms with van der Waals surface area (Å²) in [4.78, 5) is 3.65. The molecule has 3 rings (SSSR count). The fourth-order valence-corrected chi connectivity index (χ4v) is 2.92. The average molecular weight is 443 g/mol. The van der Waals surface area contributed by atoms with E-state index in [4.69, 9.17) is 21.3 Å². The summed E-state index contributed by atoms with van der Waals surface area (Å²) in [7, 11) is 0. The van der Waals surface area contributed by atoms with Crippen molar-refractivity contribution in [3.63, 3.8) is 0 Å². The van der Waals surface area contributed by atoms with Gasteiger partial charge in [-0.25, -0.2) is 13.5 Å². The van der Waals surface area contributed by atoms with Crippen LogP contribution in [0.1, 0.15) is 56.4 Å². The molecule has 1 aromatic carbocycles. The first-order valence-corrected chi connectivity index (χ1v) is 10.2. The first kappa shape index (κ1) is 24.9. The van der Waals surface area contributed by atoms with Gasteiger partial charge in [-0.15, -0.1) is 0 Å². The number of hydrogen-bond donors (Lipinski definition) is 4. The Morgan fingerprint density at radius 3 is 2.50 bits per heavy atom. The second-order valence-corrected chi connectivity index (χ2v) is 7.55. The molecule has 1 saturated carbocycles. The number of rotatable bonds is 6. The topological polar surface area (TPSA) is 122 Å². The molecule has 0 radical (unpaired) electrons. The van der Waals surface area contributed by atoms with Gasteiger partial charge in [0.2, 0.25) is 0 Å². The van der Waals surface area contributed by atoms with Crippen molar-refractivity contribution >= 4 is 30.0 Å². The van der Waals surface area contributed by atoms with Crippen LogP contribution >= 0.6 is 0 Å². The fourth-order valence-electron chi connectivity index (χ4n) is 2.92. The maximum absolute atomic E-state index is 15.0. The lowest BCUT2D eigenvalue weighted by atomic mass is 9.95. The average Bonchev–Trinajstić information content (AvgIpc) is 3.60. The van der Waals surface area contributed by atoms with Gasteiger partial charge in [-0.3, -0.25) is 15.8 Å². The summed E-state index contributed by atoms with van der Waals surface area (Å²) in [5.41, 5.74) is 0.126. The molecule has 170 valence electrons. The number of benzene rings is 1. The molecule has 0 bridgehead atoms. The number of aliphatic hydroxyl groups is 1. The van der Waals surface area contributed by atoms with E-state index < -0.39 is 17.6 Å². The van der Waals surface area contributed by atoms with Gasteiger partial charge in [-0.1, -0.05) is 19.1 Å². The van der Waals surface area contributed by atoms with E-state index in [0.29, 0.717) is 12.5 Å². The van der Waals surface area contributed by atoms with Crippen molar-refractivity contribution in [1.29, 1.82) is 16.2 Å². The predicted octanol–water partition coefficient (Wildman–Crippen LogP) is 4.41. The van der Waals surface area contributed by atoms with Crippen LogP contribution < -0.4 is 5.49 Å². The molecule has 4 N–H and O–H groups in total. The van der Waals surface area contributed by atoms with Crippen LogP contribution in [0.25, 0.3) is 6.08 Å². The monoisotopic (exact) mass is 442 g/mol. The fraction of sp³-hybridized carbons (Fsp3) is 0.348. The number of nitrogens with one attached hydrogen (secondary N) is 3. The van der Waals surface area contributed by atoms with Crippen LogP contribution in [0.4, 0.5) is 14.5 Å². The molecule has 0 amide bonds. The third-order valence-electron chi connectivity index (χ3n) is 5.02. The van der Waals surface area contributed by atoms with Crippen molar-refractivity contribution in [2.75, 3.05) is 6.61 Å². The van der Waals surface area contributed by atoms with E-state index >= 15 is 4.39 Å². The highest BCUT2D eigenvalue weighted by molar-refractivity contribution is 5.95. The minimum absolute atomic E-state index is 0.0685. The zero-order valence-corrected chi connectivity index (χ0v) is 18.4. The zero-order chi connectivity index (χ0) is 24.0. The molecular formula is C23H28F2N6O. The molecule has 9 heteroatoms. The maximum Gasteiger partial charge on any atom is 0.148 e. The Balaban J connectivity index is 0.000000636. The van der Waals surface area contributed by atoms with Crippen LogP contribution in [0.3, 0.4) is 0 Å². The smallest absolute Gasteiger partial charge is 0.148 e. The summed E-state index contributed by atoms with van der Waals surface area (Å²) in [6.07, 6.45) is 5.57. The van der Waals surface area contributed by atoms with Crippen LogP contribution in [0.2, 0.25) is 0 Å². The predicted molar refractivity (Wildman–Crippen MR) is 122 cm³/mol. The molecule has 7 nitrogen and oxygen atoms in total. The number of allylic oxidation sites excluding steroid dienone is 1. The molecule has 1 fully saturated rings. The second kappa shape index (κ2) is 10.8. The summed E-state index contributed by atoms with van der Waals surface area (Å²) in [6.45, 7) is 8.42. The quantitative estimate of drug-likeness (QED) is 0.391. The molecule has 0 aliphatic heterocycles. The van der Waals surface area contributed by atoms with Crippen molar-refractivity contribution in [1.82, 2.24) is 9.78 Å². The first-order valence-electron chi connectivity index (χ1n) is 10.2. The molecule has 1 atom stereocenters. The maximum atomic E-state index is 15.0. The van der Waals surface area contributed by atoms with Gasteiger partial charge in [-0.2, -0.15) is 5.10 Å². The van der Waals surface area contributed by atoms with Gasteiger partial charge in [0.05, 0.1) is 11.4 Å². The molecule has 1 aliphatic carbocycles. The van der Waals surface area contributed by atoms with Gasteiger partial charge >= 0.3 is 0 Å².